The van der Waals surface area contributed by atoms with Crippen molar-refractivity contribution in [3.8, 4) is 0 Å². The lowest BCUT2D eigenvalue weighted by Crippen LogP contribution is -2.30. The van der Waals surface area contributed by atoms with Crippen molar-refractivity contribution < 1.29 is 28.6 Å². The normalized spacial score (nSPS) is 12.0. The molecule has 384 valence electrons. The summed E-state index contributed by atoms with van der Waals surface area (Å²) >= 11 is 0. The third-order valence-electron chi connectivity index (χ3n) is 13.3. The van der Waals surface area contributed by atoms with E-state index < -0.39 is 6.10 Å². The number of rotatable bonds is 54. The SMILES string of the molecule is CCCCCC/C=C\CCCCCCCC(=O)O[C@@H](COC(=O)CCCCCCCCCCCCCCCCC)COC(=O)CCCCCCCCCCCCCCCCCCCCC. The zero-order chi connectivity index (χ0) is 47.2. The Balaban J connectivity index is 4.28. The number of ether oxygens (including phenoxy) is 3. The Morgan fingerprint density at radius 1 is 0.292 bits per heavy atom. The molecule has 0 aliphatic carbocycles. The van der Waals surface area contributed by atoms with E-state index in [-0.39, 0.29) is 31.1 Å². The molecule has 6 nitrogen and oxygen atoms in total. The van der Waals surface area contributed by atoms with Crippen LogP contribution >= 0.6 is 0 Å². The molecule has 0 aromatic carbocycles. The van der Waals surface area contributed by atoms with E-state index in [0.717, 1.165) is 64.2 Å². The molecule has 0 unspecified atom stereocenters. The first-order chi connectivity index (χ1) is 32.0. The number of carbonyl (C=O) groups is 3. The van der Waals surface area contributed by atoms with Crippen LogP contribution in [0.15, 0.2) is 12.2 Å². The molecule has 0 amide bonds. The Morgan fingerprint density at radius 3 is 0.785 bits per heavy atom. The van der Waals surface area contributed by atoms with Crippen LogP contribution in [-0.2, 0) is 28.6 Å². The van der Waals surface area contributed by atoms with Crippen LogP contribution in [0.25, 0.3) is 0 Å². The molecule has 1 atom stereocenters. The molecule has 6 heteroatoms. The van der Waals surface area contributed by atoms with Gasteiger partial charge in [-0.1, -0.05) is 277 Å². The maximum absolute atomic E-state index is 12.8. The molecular formula is C59H112O6. The maximum atomic E-state index is 12.8. The molecule has 0 bridgehead atoms. The highest BCUT2D eigenvalue weighted by Crippen LogP contribution is 2.17. The molecule has 0 spiro atoms. The average molecular weight is 918 g/mol. The van der Waals surface area contributed by atoms with Gasteiger partial charge in [-0.3, -0.25) is 14.4 Å². The molecular weight excluding hydrogens is 805 g/mol. The van der Waals surface area contributed by atoms with Gasteiger partial charge >= 0.3 is 17.9 Å². The van der Waals surface area contributed by atoms with Gasteiger partial charge in [0.2, 0.25) is 0 Å². The van der Waals surface area contributed by atoms with E-state index >= 15 is 0 Å². The fraction of sp³-hybridized carbons (Fsp3) is 0.915. The van der Waals surface area contributed by atoms with Crippen LogP contribution in [0.1, 0.15) is 329 Å². The molecule has 0 saturated heterocycles. The smallest absolute Gasteiger partial charge is 0.306 e. The van der Waals surface area contributed by atoms with E-state index in [1.165, 1.54) is 225 Å². The minimum absolute atomic E-state index is 0.0674. The summed E-state index contributed by atoms with van der Waals surface area (Å²) in [6.45, 7) is 6.68. The molecule has 0 saturated carbocycles. The first-order valence-corrected chi connectivity index (χ1v) is 29.2. The van der Waals surface area contributed by atoms with Gasteiger partial charge in [0.05, 0.1) is 0 Å². The number of hydrogen-bond acceptors (Lipinski definition) is 6. The van der Waals surface area contributed by atoms with E-state index in [4.69, 9.17) is 14.2 Å². The minimum Gasteiger partial charge on any atom is -0.462 e. The summed E-state index contributed by atoms with van der Waals surface area (Å²) in [5.41, 5.74) is 0. The fourth-order valence-corrected chi connectivity index (χ4v) is 8.85. The van der Waals surface area contributed by atoms with E-state index in [2.05, 4.69) is 32.9 Å². The Hall–Kier alpha value is -1.85. The van der Waals surface area contributed by atoms with Crippen molar-refractivity contribution in [1.82, 2.24) is 0 Å². The van der Waals surface area contributed by atoms with Gasteiger partial charge in [0.15, 0.2) is 6.10 Å². The summed E-state index contributed by atoms with van der Waals surface area (Å²) in [5.74, 6) is -0.852. The Morgan fingerprint density at radius 2 is 0.508 bits per heavy atom. The first-order valence-electron chi connectivity index (χ1n) is 29.2. The maximum Gasteiger partial charge on any atom is 0.306 e. The highest BCUT2D eigenvalue weighted by Gasteiger charge is 2.19. The third-order valence-corrected chi connectivity index (χ3v) is 13.3. The molecule has 0 aliphatic rings. The molecule has 0 N–H and O–H groups in total. The number of esters is 3. The second kappa shape index (κ2) is 54.8. The van der Waals surface area contributed by atoms with Crippen molar-refractivity contribution in [2.45, 2.75) is 335 Å². The monoisotopic (exact) mass is 917 g/mol. The zero-order valence-corrected chi connectivity index (χ0v) is 44.0. The molecule has 0 aromatic rings. The van der Waals surface area contributed by atoms with Crippen molar-refractivity contribution in [2.24, 2.45) is 0 Å². The predicted molar refractivity (Wildman–Crippen MR) is 280 cm³/mol. The fourth-order valence-electron chi connectivity index (χ4n) is 8.85. The van der Waals surface area contributed by atoms with E-state index in [1.807, 2.05) is 0 Å². The molecule has 0 aromatic heterocycles. The highest BCUT2D eigenvalue weighted by molar-refractivity contribution is 5.71. The van der Waals surface area contributed by atoms with Crippen LogP contribution in [0.5, 0.6) is 0 Å². The molecule has 0 rings (SSSR count). The van der Waals surface area contributed by atoms with Crippen molar-refractivity contribution in [3.63, 3.8) is 0 Å². The second-order valence-electron chi connectivity index (χ2n) is 19.9. The summed E-state index contributed by atoms with van der Waals surface area (Å²) < 4.78 is 16.9. The van der Waals surface area contributed by atoms with E-state index in [1.54, 1.807) is 0 Å². The van der Waals surface area contributed by atoms with Gasteiger partial charge in [-0.2, -0.15) is 0 Å². The van der Waals surface area contributed by atoms with Gasteiger partial charge in [-0.25, -0.2) is 0 Å². The topological polar surface area (TPSA) is 78.9 Å². The molecule has 0 fully saturated rings. The lowest BCUT2D eigenvalue weighted by molar-refractivity contribution is -0.167. The largest absolute Gasteiger partial charge is 0.462 e. The van der Waals surface area contributed by atoms with Gasteiger partial charge in [0.1, 0.15) is 13.2 Å². The number of allylic oxidation sites excluding steroid dienone is 2. The van der Waals surface area contributed by atoms with Gasteiger partial charge < -0.3 is 14.2 Å². The van der Waals surface area contributed by atoms with Crippen molar-refractivity contribution >= 4 is 17.9 Å². The number of carbonyl (C=O) groups excluding carboxylic acids is 3. The van der Waals surface area contributed by atoms with Crippen LogP contribution in [0, 0.1) is 0 Å². The third kappa shape index (κ3) is 53.0. The van der Waals surface area contributed by atoms with Gasteiger partial charge in [-0.05, 0) is 44.9 Å². The Bertz CT molecular complexity index is 1010. The first kappa shape index (κ1) is 63.1. The lowest BCUT2D eigenvalue weighted by atomic mass is 10.0. The highest BCUT2D eigenvalue weighted by atomic mass is 16.6. The molecule has 0 radical (unpaired) electrons. The summed E-state index contributed by atoms with van der Waals surface area (Å²) in [5, 5.41) is 0. The quantitative estimate of drug-likeness (QED) is 0.0262. The summed E-state index contributed by atoms with van der Waals surface area (Å²) in [6.07, 6.45) is 62.0. The van der Waals surface area contributed by atoms with Gasteiger partial charge in [0, 0.05) is 19.3 Å². The summed E-state index contributed by atoms with van der Waals surface area (Å²) in [6, 6.07) is 0. The zero-order valence-electron chi connectivity index (χ0n) is 44.0. The van der Waals surface area contributed by atoms with Crippen LogP contribution in [0.2, 0.25) is 0 Å². The van der Waals surface area contributed by atoms with Gasteiger partial charge in [-0.15, -0.1) is 0 Å². The molecule has 65 heavy (non-hydrogen) atoms. The number of hydrogen-bond donors (Lipinski definition) is 0. The Labute approximate surface area is 405 Å². The lowest BCUT2D eigenvalue weighted by Gasteiger charge is -2.18. The predicted octanol–water partition coefficient (Wildman–Crippen LogP) is 19.3. The van der Waals surface area contributed by atoms with Gasteiger partial charge in [0.25, 0.3) is 0 Å². The van der Waals surface area contributed by atoms with Crippen molar-refractivity contribution in [1.29, 1.82) is 0 Å². The summed E-state index contributed by atoms with van der Waals surface area (Å²) in [4.78, 5) is 38.1. The van der Waals surface area contributed by atoms with Crippen LogP contribution in [-0.4, -0.2) is 37.2 Å². The Kier molecular flexibility index (Phi) is 53.2. The second-order valence-corrected chi connectivity index (χ2v) is 19.9. The van der Waals surface area contributed by atoms with Crippen LogP contribution < -0.4 is 0 Å². The van der Waals surface area contributed by atoms with Crippen molar-refractivity contribution in [3.05, 3.63) is 12.2 Å². The van der Waals surface area contributed by atoms with Crippen LogP contribution in [0.3, 0.4) is 0 Å². The minimum atomic E-state index is -0.768. The van der Waals surface area contributed by atoms with E-state index in [9.17, 15) is 14.4 Å². The van der Waals surface area contributed by atoms with Crippen LogP contribution in [0.4, 0.5) is 0 Å². The van der Waals surface area contributed by atoms with Crippen molar-refractivity contribution in [2.75, 3.05) is 13.2 Å². The standard InChI is InChI=1S/C59H112O6/c1-4-7-10-13-16-19-22-25-27-28-29-30-32-35-37-40-43-46-49-52-58(61)64-55-56(65-59(62)53-50-47-44-41-38-33-24-21-18-15-12-9-6-3)54-63-57(60)51-48-45-42-39-36-34-31-26-23-20-17-14-11-8-5-2/h21,24,56H,4-20,22-23,25-55H2,1-3H3/b24-21-/t56-/m0/s1. The molecule has 0 heterocycles. The average Bonchev–Trinajstić information content (AvgIpc) is 3.30. The number of unbranched alkanes of at least 4 members (excludes halogenated alkanes) is 41. The molecule has 0 aliphatic heterocycles. The van der Waals surface area contributed by atoms with E-state index in [0.29, 0.717) is 19.3 Å². The summed E-state index contributed by atoms with van der Waals surface area (Å²) in [7, 11) is 0.